The summed E-state index contributed by atoms with van der Waals surface area (Å²) >= 11 is 1.07. The van der Waals surface area contributed by atoms with E-state index < -0.39 is 29.0 Å². The van der Waals surface area contributed by atoms with Crippen LogP contribution in [0.1, 0.15) is 10.4 Å². The summed E-state index contributed by atoms with van der Waals surface area (Å²) in [4.78, 5) is 36.3. The minimum atomic E-state index is -1.40. The number of carbonyl (C=O) groups is 2. The molecule has 0 spiro atoms. The van der Waals surface area contributed by atoms with E-state index in [9.17, 15) is 18.8 Å². The number of methoxy groups -OCH3 is 1. The third-order valence-corrected chi connectivity index (χ3v) is 4.77. The Balaban J connectivity index is 1.87. The van der Waals surface area contributed by atoms with Gasteiger partial charge < -0.3 is 19.6 Å². The van der Waals surface area contributed by atoms with Gasteiger partial charge in [-0.3, -0.25) is 4.90 Å². The van der Waals surface area contributed by atoms with Gasteiger partial charge in [0.2, 0.25) is 0 Å². The van der Waals surface area contributed by atoms with Crippen molar-refractivity contribution in [1.82, 2.24) is 0 Å². The molecule has 0 aliphatic heterocycles. The van der Waals surface area contributed by atoms with E-state index in [0.29, 0.717) is 9.70 Å². The number of thiophene rings is 1. The summed E-state index contributed by atoms with van der Waals surface area (Å²) in [5.74, 6) is -1.72. The number of halogens is 1. The lowest BCUT2D eigenvalue weighted by Gasteiger charge is -2.16. The molecule has 0 unspecified atom stereocenters. The first-order chi connectivity index (χ1) is 12.8. The number of carboxylic acids is 1. The Morgan fingerprint density at radius 2 is 2.00 bits per heavy atom. The summed E-state index contributed by atoms with van der Waals surface area (Å²) in [7, 11) is 2.84. The molecule has 10 heteroatoms. The Morgan fingerprint density at radius 1 is 1.26 bits per heavy atom. The van der Waals surface area contributed by atoms with E-state index in [0.717, 1.165) is 17.4 Å². The predicted molar refractivity (Wildman–Crippen MR) is 97.7 cm³/mol. The lowest BCUT2D eigenvalue weighted by molar-refractivity contribution is 0.0692. The fourth-order valence-corrected chi connectivity index (χ4v) is 3.26. The molecule has 0 fully saturated rings. The van der Waals surface area contributed by atoms with Crippen LogP contribution in [0.5, 0.6) is 5.75 Å². The van der Waals surface area contributed by atoms with E-state index in [1.165, 1.54) is 43.3 Å². The molecule has 2 aromatic heterocycles. The highest BCUT2D eigenvalue weighted by Crippen LogP contribution is 2.32. The Kier molecular flexibility index (Phi) is 4.82. The van der Waals surface area contributed by atoms with Crippen LogP contribution in [-0.2, 0) is 0 Å². The molecule has 140 valence electrons. The number of carboxylic acid groups (broad SMARTS) is 1. The highest BCUT2D eigenvalue weighted by atomic mass is 32.1. The largest absolute Gasteiger partial charge is 0.497 e. The lowest BCUT2D eigenvalue weighted by Crippen LogP contribution is -2.30. The van der Waals surface area contributed by atoms with Gasteiger partial charge in [0.15, 0.2) is 5.58 Å². The first kappa shape index (κ1) is 18.4. The van der Waals surface area contributed by atoms with E-state index in [-0.39, 0.29) is 17.0 Å². The van der Waals surface area contributed by atoms with Crippen LogP contribution in [0.4, 0.5) is 19.9 Å². The van der Waals surface area contributed by atoms with E-state index in [2.05, 4.69) is 5.32 Å². The maximum absolute atomic E-state index is 13.5. The second kappa shape index (κ2) is 7.08. The molecule has 0 bridgehead atoms. The smallest absolute Gasteiger partial charge is 0.351 e. The Hall–Kier alpha value is -3.40. The molecule has 0 saturated carbocycles. The van der Waals surface area contributed by atoms with Crippen LogP contribution in [0.25, 0.3) is 10.3 Å². The van der Waals surface area contributed by atoms with Crippen LogP contribution in [0.3, 0.4) is 0 Å². The van der Waals surface area contributed by atoms with Crippen molar-refractivity contribution in [3.05, 3.63) is 52.1 Å². The minimum Gasteiger partial charge on any atom is -0.497 e. The Bertz CT molecular complexity index is 1110. The number of aromatic carboxylic acids is 1. The third kappa shape index (κ3) is 3.75. The molecule has 0 saturated heterocycles. The molecule has 0 atom stereocenters. The number of hydrogen-bond acceptors (Lipinski definition) is 6. The number of urea groups is 1. The van der Waals surface area contributed by atoms with Gasteiger partial charge in [-0.15, -0.1) is 11.3 Å². The predicted octanol–water partition coefficient (Wildman–Crippen LogP) is 3.37. The zero-order chi connectivity index (χ0) is 19.7. The van der Waals surface area contributed by atoms with Crippen molar-refractivity contribution in [3.63, 3.8) is 0 Å². The van der Waals surface area contributed by atoms with Crippen LogP contribution < -0.4 is 20.6 Å². The average molecular weight is 392 g/mol. The maximum Gasteiger partial charge on any atom is 0.351 e. The average Bonchev–Trinajstić information content (AvgIpc) is 3.02. The lowest BCUT2D eigenvalue weighted by atomic mass is 10.3. The number of carbonyl (C=O) groups excluding carboxylic acids is 1. The standard InChI is InChI=1S/C17H13FN2O6S/c1-20(17(24)19-9-3-8(18)4-10(5-9)25-2)14-7-12-13(27-14)6-11(15(21)22)16(23)26-12/h3-7H,1-2H3,(H,19,24)(H,21,22). The number of benzene rings is 1. The number of anilines is 2. The zero-order valence-electron chi connectivity index (χ0n) is 14.1. The maximum atomic E-state index is 13.5. The van der Waals surface area contributed by atoms with Crippen molar-refractivity contribution < 1.29 is 28.2 Å². The fourth-order valence-electron chi connectivity index (χ4n) is 2.28. The van der Waals surface area contributed by atoms with Crippen molar-refractivity contribution in [2.75, 3.05) is 24.4 Å². The molecule has 3 rings (SSSR count). The van der Waals surface area contributed by atoms with Crippen LogP contribution >= 0.6 is 11.3 Å². The van der Waals surface area contributed by atoms with Gasteiger partial charge in [0.05, 0.1) is 11.8 Å². The SMILES string of the molecule is COc1cc(F)cc(NC(=O)N(C)c2cc3oc(=O)c(C(=O)O)cc3s2)c1. The van der Waals surface area contributed by atoms with Gasteiger partial charge in [0, 0.05) is 30.9 Å². The van der Waals surface area contributed by atoms with Crippen LogP contribution in [0, 0.1) is 5.82 Å². The summed E-state index contributed by atoms with van der Waals surface area (Å²) in [5.41, 5.74) is -1.10. The molecule has 3 aromatic rings. The molecular weight excluding hydrogens is 379 g/mol. The van der Waals surface area contributed by atoms with Gasteiger partial charge in [-0.2, -0.15) is 0 Å². The summed E-state index contributed by atoms with van der Waals surface area (Å²) in [5, 5.41) is 11.9. The molecule has 1 aromatic carbocycles. The Labute approximate surface area is 155 Å². The molecule has 2 amide bonds. The van der Waals surface area contributed by atoms with E-state index >= 15 is 0 Å². The fraction of sp³-hybridized carbons (Fsp3) is 0.118. The summed E-state index contributed by atoms with van der Waals surface area (Å²) in [6.45, 7) is 0. The molecule has 2 N–H and O–H groups in total. The Morgan fingerprint density at radius 3 is 2.67 bits per heavy atom. The zero-order valence-corrected chi connectivity index (χ0v) is 14.9. The van der Waals surface area contributed by atoms with E-state index in [4.69, 9.17) is 14.3 Å². The molecule has 0 aliphatic carbocycles. The van der Waals surface area contributed by atoms with Crippen LogP contribution in [0.15, 0.2) is 39.5 Å². The van der Waals surface area contributed by atoms with Crippen LogP contribution in [0.2, 0.25) is 0 Å². The number of amides is 2. The van der Waals surface area contributed by atoms with E-state index in [1.54, 1.807) is 0 Å². The van der Waals surface area contributed by atoms with Crippen LogP contribution in [-0.4, -0.2) is 31.3 Å². The number of nitrogens with one attached hydrogen (secondary N) is 1. The van der Waals surface area contributed by atoms with Gasteiger partial charge in [0.1, 0.15) is 22.1 Å². The summed E-state index contributed by atoms with van der Waals surface area (Å²) < 4.78 is 23.9. The topological polar surface area (TPSA) is 109 Å². The van der Waals surface area contributed by atoms with Crippen molar-refractivity contribution >= 4 is 44.3 Å². The number of nitrogens with zero attached hydrogens (tertiary/aromatic N) is 1. The van der Waals surface area contributed by atoms with E-state index in [1.807, 2.05) is 0 Å². The normalized spacial score (nSPS) is 10.6. The van der Waals surface area contributed by atoms with Crippen molar-refractivity contribution in [2.24, 2.45) is 0 Å². The molecule has 0 radical (unpaired) electrons. The van der Waals surface area contributed by atoms with Gasteiger partial charge >= 0.3 is 17.6 Å². The number of hydrogen-bond donors (Lipinski definition) is 2. The molecule has 8 nitrogen and oxygen atoms in total. The highest BCUT2D eigenvalue weighted by Gasteiger charge is 2.18. The quantitative estimate of drug-likeness (QED) is 0.705. The number of fused-ring (bicyclic) bond motifs is 1. The number of ether oxygens (including phenoxy) is 1. The second-order valence-corrected chi connectivity index (χ2v) is 6.50. The van der Waals surface area contributed by atoms with Gasteiger partial charge in [-0.25, -0.2) is 18.8 Å². The summed E-state index contributed by atoms with van der Waals surface area (Å²) in [6, 6.07) is 5.83. The van der Waals surface area contributed by atoms with Gasteiger partial charge in [-0.05, 0) is 12.1 Å². The first-order valence-electron chi connectivity index (χ1n) is 7.49. The molecule has 27 heavy (non-hydrogen) atoms. The molecule has 0 aliphatic rings. The molecular formula is C17H13FN2O6S. The second-order valence-electron chi connectivity index (χ2n) is 5.43. The monoisotopic (exact) mass is 392 g/mol. The van der Waals surface area contributed by atoms with Crippen molar-refractivity contribution in [1.29, 1.82) is 0 Å². The molecule has 2 heterocycles. The van der Waals surface area contributed by atoms with Crippen molar-refractivity contribution in [2.45, 2.75) is 0 Å². The summed E-state index contributed by atoms with van der Waals surface area (Å²) in [6.07, 6.45) is 0. The van der Waals surface area contributed by atoms with Gasteiger partial charge in [0.25, 0.3) is 0 Å². The highest BCUT2D eigenvalue weighted by molar-refractivity contribution is 7.22. The van der Waals surface area contributed by atoms with Crippen molar-refractivity contribution in [3.8, 4) is 5.75 Å². The number of rotatable bonds is 4. The minimum absolute atomic E-state index is 0.164. The third-order valence-electron chi connectivity index (χ3n) is 3.63. The first-order valence-corrected chi connectivity index (χ1v) is 8.30. The van der Waals surface area contributed by atoms with Gasteiger partial charge in [-0.1, -0.05) is 0 Å².